The van der Waals surface area contributed by atoms with E-state index >= 15 is 0 Å². The number of ether oxygens (including phenoxy) is 3. The Hall–Kier alpha value is -1.93. The first-order valence-electron chi connectivity index (χ1n) is 26.5. The van der Waals surface area contributed by atoms with Gasteiger partial charge in [-0.05, 0) is 103 Å². The zero-order valence-corrected chi connectivity index (χ0v) is 41.3. The molecule has 0 aliphatic rings. The van der Waals surface area contributed by atoms with E-state index in [4.69, 9.17) is 19.9 Å². The van der Waals surface area contributed by atoms with Crippen LogP contribution in [0, 0.1) is 0 Å². The van der Waals surface area contributed by atoms with Crippen molar-refractivity contribution in [3.63, 3.8) is 0 Å². The summed E-state index contributed by atoms with van der Waals surface area (Å²) in [6.07, 6.45) is 46.0. The normalized spacial score (nSPS) is 12.2. The van der Waals surface area contributed by atoms with Crippen LogP contribution in [0.2, 0.25) is 0 Å². The van der Waals surface area contributed by atoms with E-state index < -0.39 is 0 Å². The molecule has 2 unspecified atom stereocenters. The Kier molecular flexibility index (Phi) is 52.6. The van der Waals surface area contributed by atoms with Crippen LogP contribution in [0.1, 0.15) is 272 Å². The van der Waals surface area contributed by atoms with Crippen LogP contribution in [0.5, 0.6) is 0 Å². The van der Waals surface area contributed by atoms with Gasteiger partial charge in [0.15, 0.2) is 0 Å². The van der Waals surface area contributed by atoms with Gasteiger partial charge in [-0.2, -0.15) is 0 Å². The van der Waals surface area contributed by atoms with E-state index in [9.17, 15) is 14.4 Å². The van der Waals surface area contributed by atoms with Gasteiger partial charge in [0.05, 0.1) is 0 Å². The average molecular weight is 865 g/mol. The molecule has 0 bridgehead atoms. The summed E-state index contributed by atoms with van der Waals surface area (Å²) in [5.74, 6) is -0.254. The summed E-state index contributed by atoms with van der Waals surface area (Å²) in [6.45, 7) is 13.6. The smallest absolute Gasteiger partial charge is 0.306 e. The Morgan fingerprint density at radius 1 is 0.426 bits per heavy atom. The van der Waals surface area contributed by atoms with Crippen molar-refractivity contribution < 1.29 is 28.6 Å². The first-order chi connectivity index (χ1) is 29.9. The lowest BCUT2D eigenvalue weighted by Gasteiger charge is -2.18. The number of nitrogens with two attached hydrogens (primary N) is 1. The predicted molar refractivity (Wildman–Crippen MR) is 261 cm³/mol. The molecule has 0 aliphatic heterocycles. The van der Waals surface area contributed by atoms with Crippen LogP contribution in [-0.2, 0) is 28.6 Å². The number of rotatable bonds is 46. The van der Waals surface area contributed by atoms with Gasteiger partial charge in [-0.15, -0.1) is 0 Å². The highest BCUT2D eigenvalue weighted by molar-refractivity contribution is 5.70. The summed E-state index contributed by atoms with van der Waals surface area (Å²) in [5, 5.41) is 3.33. The summed E-state index contributed by atoms with van der Waals surface area (Å²) in [5.41, 5.74) is 5.46. The van der Waals surface area contributed by atoms with E-state index in [1.54, 1.807) is 0 Å². The van der Waals surface area contributed by atoms with Gasteiger partial charge in [0, 0.05) is 19.3 Å². The molecule has 0 fully saturated rings. The van der Waals surface area contributed by atoms with Gasteiger partial charge in [-0.3, -0.25) is 14.4 Å². The fraction of sp³-hybridized carbons (Fsp3) is 0.906. The van der Waals surface area contributed by atoms with Crippen molar-refractivity contribution in [3.8, 4) is 0 Å². The molecular weight excluding hydrogens is 761 g/mol. The number of nitrogens with one attached hydrogen (secondary N) is 1. The second-order valence-corrected chi connectivity index (χ2v) is 17.6. The lowest BCUT2D eigenvalue weighted by atomic mass is 10.0. The fourth-order valence-corrected chi connectivity index (χ4v) is 7.44. The second-order valence-electron chi connectivity index (χ2n) is 17.6. The first kappa shape index (κ1) is 61.2. The average Bonchev–Trinajstić information content (AvgIpc) is 3.25. The van der Waals surface area contributed by atoms with Gasteiger partial charge in [0.1, 0.15) is 18.8 Å². The lowest BCUT2D eigenvalue weighted by Crippen LogP contribution is -2.21. The SMILES string of the molecule is CCCCCC/C=C\COC(=O)CCCNCCCC(=O)OC(CCCCCCC)CCCCCCCC.CCCCCCCCC(CCCCCCC)OC(=O)CCCN. The topological polar surface area (TPSA) is 117 Å². The molecule has 3 N–H and O–H groups in total. The number of unbranched alkanes of at least 4 members (excludes halogenated alkanes) is 22. The molecule has 8 nitrogen and oxygen atoms in total. The van der Waals surface area contributed by atoms with Crippen LogP contribution >= 0.6 is 0 Å². The monoisotopic (exact) mass is 865 g/mol. The zero-order valence-electron chi connectivity index (χ0n) is 41.3. The highest BCUT2D eigenvalue weighted by Gasteiger charge is 2.15. The van der Waals surface area contributed by atoms with Crippen molar-refractivity contribution in [1.82, 2.24) is 5.32 Å². The van der Waals surface area contributed by atoms with Crippen LogP contribution in [0.15, 0.2) is 12.2 Å². The number of allylic oxidation sites excluding steroid dienone is 1. The maximum Gasteiger partial charge on any atom is 0.306 e. The van der Waals surface area contributed by atoms with Crippen LogP contribution in [0.25, 0.3) is 0 Å². The van der Waals surface area contributed by atoms with Crippen LogP contribution in [0.3, 0.4) is 0 Å². The van der Waals surface area contributed by atoms with Crippen LogP contribution in [0.4, 0.5) is 0 Å². The van der Waals surface area contributed by atoms with E-state index in [0.717, 1.165) is 77.3 Å². The first-order valence-corrected chi connectivity index (χ1v) is 26.5. The van der Waals surface area contributed by atoms with E-state index in [2.05, 4.69) is 46.0 Å². The molecule has 61 heavy (non-hydrogen) atoms. The fourth-order valence-electron chi connectivity index (χ4n) is 7.44. The van der Waals surface area contributed by atoms with Crippen molar-refractivity contribution in [2.45, 2.75) is 284 Å². The van der Waals surface area contributed by atoms with Crippen LogP contribution in [-0.4, -0.2) is 56.4 Å². The molecule has 0 aromatic carbocycles. The van der Waals surface area contributed by atoms with Crippen molar-refractivity contribution in [2.75, 3.05) is 26.2 Å². The molecule has 0 rings (SSSR count). The number of carbonyl (C=O) groups excluding carboxylic acids is 3. The lowest BCUT2D eigenvalue weighted by molar-refractivity contribution is -0.151. The molecule has 2 atom stereocenters. The number of esters is 3. The third-order valence-electron chi connectivity index (χ3n) is 11.4. The van der Waals surface area contributed by atoms with E-state index in [0.29, 0.717) is 32.4 Å². The Labute approximate surface area is 379 Å². The maximum absolute atomic E-state index is 12.4. The zero-order chi connectivity index (χ0) is 45.1. The Bertz CT molecular complexity index is 944. The number of carbonyl (C=O) groups is 3. The van der Waals surface area contributed by atoms with Gasteiger partial charge in [-0.1, -0.05) is 182 Å². The minimum Gasteiger partial charge on any atom is -0.462 e. The molecule has 0 saturated heterocycles. The summed E-state index contributed by atoms with van der Waals surface area (Å²) in [4.78, 5) is 36.1. The van der Waals surface area contributed by atoms with Gasteiger partial charge in [-0.25, -0.2) is 0 Å². The highest BCUT2D eigenvalue weighted by Crippen LogP contribution is 2.19. The molecule has 0 amide bonds. The van der Waals surface area contributed by atoms with E-state index in [1.807, 2.05) is 6.08 Å². The van der Waals surface area contributed by atoms with Crippen molar-refractivity contribution in [1.29, 1.82) is 0 Å². The number of hydrogen-bond donors (Lipinski definition) is 2. The standard InChI is InChI=1S/C33H63NO4.C20H41NO2/c1-4-7-10-13-15-18-21-30-37-32(35)26-22-28-34-29-23-27-33(36)38-31(24-19-16-12-9-6-3)25-20-17-14-11-8-5-2;1-3-5-7-9-11-13-16-19(15-12-10-8-6-4-2)23-20(22)17-14-18-21/h18,21,31,34H,4-17,19-20,22-30H2,1-3H3;19H,3-18,21H2,1-2H3/b21-18-;. The molecule has 0 radical (unpaired) electrons. The summed E-state index contributed by atoms with van der Waals surface area (Å²) >= 11 is 0. The molecule has 0 aromatic rings. The third kappa shape index (κ3) is 50.6. The predicted octanol–water partition coefficient (Wildman–Crippen LogP) is 15.0. The minimum atomic E-state index is -0.142. The Morgan fingerprint density at radius 3 is 1.16 bits per heavy atom. The van der Waals surface area contributed by atoms with Gasteiger partial charge < -0.3 is 25.3 Å². The maximum atomic E-state index is 12.4. The minimum absolute atomic E-state index is 0.0556. The second kappa shape index (κ2) is 52.4. The quantitative estimate of drug-likeness (QED) is 0.0269. The molecule has 0 aromatic heterocycles. The molecule has 0 saturated carbocycles. The summed E-state index contributed by atoms with van der Waals surface area (Å²) in [6, 6.07) is 0. The van der Waals surface area contributed by atoms with Crippen molar-refractivity contribution in [2.24, 2.45) is 5.73 Å². The summed E-state index contributed by atoms with van der Waals surface area (Å²) in [7, 11) is 0. The largest absolute Gasteiger partial charge is 0.462 e. The molecular formula is C53H104N2O6. The van der Waals surface area contributed by atoms with Gasteiger partial charge >= 0.3 is 17.9 Å². The summed E-state index contributed by atoms with van der Waals surface area (Å²) < 4.78 is 16.8. The molecule has 8 heteroatoms. The number of hydrogen-bond acceptors (Lipinski definition) is 8. The van der Waals surface area contributed by atoms with Crippen LogP contribution < -0.4 is 11.1 Å². The Morgan fingerprint density at radius 2 is 0.770 bits per heavy atom. The van der Waals surface area contributed by atoms with Crippen molar-refractivity contribution >= 4 is 17.9 Å². The molecule has 0 aliphatic carbocycles. The van der Waals surface area contributed by atoms with Gasteiger partial charge in [0.2, 0.25) is 0 Å². The van der Waals surface area contributed by atoms with E-state index in [-0.39, 0.29) is 30.1 Å². The third-order valence-corrected chi connectivity index (χ3v) is 11.4. The van der Waals surface area contributed by atoms with E-state index in [1.165, 1.54) is 154 Å². The highest BCUT2D eigenvalue weighted by atomic mass is 16.5. The van der Waals surface area contributed by atoms with Crippen molar-refractivity contribution in [3.05, 3.63) is 12.2 Å². The Balaban J connectivity index is 0. The molecule has 0 spiro atoms. The van der Waals surface area contributed by atoms with Gasteiger partial charge in [0.25, 0.3) is 0 Å². The molecule has 0 heterocycles. The molecule has 362 valence electrons.